The van der Waals surface area contributed by atoms with E-state index in [4.69, 9.17) is 24.0 Å². The van der Waals surface area contributed by atoms with Crippen molar-refractivity contribution in [1.82, 2.24) is 0 Å². The molecule has 0 spiro atoms. The van der Waals surface area contributed by atoms with Crippen molar-refractivity contribution in [2.45, 2.75) is 39.4 Å². The Balaban J connectivity index is 0. The van der Waals surface area contributed by atoms with Gasteiger partial charge in [-0.1, -0.05) is 20.8 Å². The topological polar surface area (TPSA) is 46.2 Å². The molecule has 0 N–H and O–H groups in total. The molecule has 0 unspecified atom stereocenters. The Morgan fingerprint density at radius 3 is 2.11 bits per heavy atom. The van der Waals surface area contributed by atoms with Crippen molar-refractivity contribution < 1.29 is 24.0 Å². The molecule has 0 aliphatic rings. The van der Waals surface area contributed by atoms with Gasteiger partial charge in [-0.25, -0.2) is 19.4 Å². The lowest BCUT2D eigenvalue weighted by molar-refractivity contribution is -0.297. The van der Waals surface area contributed by atoms with Crippen molar-refractivity contribution in [2.24, 2.45) is 0 Å². The van der Waals surface area contributed by atoms with E-state index in [9.17, 15) is 0 Å². The van der Waals surface area contributed by atoms with Gasteiger partial charge in [0.25, 0.3) is 0 Å². The van der Waals surface area contributed by atoms with E-state index in [1.54, 1.807) is 11.8 Å². The summed E-state index contributed by atoms with van der Waals surface area (Å²) < 4.78 is 5.32. The molecule has 8 heteroatoms. The van der Waals surface area contributed by atoms with Gasteiger partial charge in [0.15, 0.2) is 0 Å². The minimum Gasteiger partial charge on any atom is -0.383 e. The number of hydrogen-bond donors (Lipinski definition) is 0. The number of hydrogen-bond acceptors (Lipinski definition) is 6. The monoisotopic (exact) mass is 277 g/mol. The second-order valence-electron chi connectivity index (χ2n) is 4.13. The fraction of sp³-hybridized carbons (Fsp3) is 1.00. The lowest BCUT2D eigenvalue weighted by Crippen LogP contribution is -2.28. The Morgan fingerprint density at radius 2 is 1.61 bits per heavy atom. The second kappa shape index (κ2) is 12.3. The minimum atomic E-state index is -0.931. The predicted octanol–water partition coefficient (Wildman–Crippen LogP) is 2.08. The van der Waals surface area contributed by atoms with Crippen LogP contribution in [0.15, 0.2) is 0 Å². The number of thioether (sulfide) groups is 1. The van der Waals surface area contributed by atoms with E-state index in [1.807, 2.05) is 13.8 Å². The average molecular weight is 277 g/mol. The molecule has 0 bridgehead atoms. The Hall–Kier alpha value is 0.280. The molecule has 0 fully saturated rings. The van der Waals surface area contributed by atoms with E-state index in [2.05, 4.69) is 20.8 Å². The summed E-state index contributed by atoms with van der Waals surface area (Å²) >= 11 is 1.80. The maximum Gasteiger partial charge on any atom is 0.696 e. The first kappa shape index (κ1) is 20.6. The van der Waals surface area contributed by atoms with E-state index in [0.717, 1.165) is 5.75 Å². The van der Waals surface area contributed by atoms with Crippen LogP contribution in [-0.2, 0) is 24.0 Å². The van der Waals surface area contributed by atoms with Gasteiger partial charge in [-0.3, -0.25) is 0 Å². The summed E-state index contributed by atoms with van der Waals surface area (Å²) in [4.78, 5) is 19.4. The standard InChI is InChI=1S/C10H23BO5S.B/c1-6-12-11(15-13-7-2)16-14-8-9-17-10(3,4)5;/h6-9H2,1-5H3;. The lowest BCUT2D eigenvalue weighted by atomic mass is 10.2. The van der Waals surface area contributed by atoms with Gasteiger partial charge in [-0.15, -0.1) is 0 Å². The van der Waals surface area contributed by atoms with Crippen LogP contribution in [-0.4, -0.2) is 46.1 Å². The Morgan fingerprint density at radius 1 is 1.00 bits per heavy atom. The summed E-state index contributed by atoms with van der Waals surface area (Å²) in [5, 5.41) is 0. The molecule has 18 heavy (non-hydrogen) atoms. The van der Waals surface area contributed by atoms with Crippen LogP contribution in [0.3, 0.4) is 0 Å². The van der Waals surface area contributed by atoms with Crippen LogP contribution >= 0.6 is 11.8 Å². The summed E-state index contributed by atoms with van der Waals surface area (Å²) in [6.45, 7) is 11.5. The van der Waals surface area contributed by atoms with Crippen LogP contribution in [0.1, 0.15) is 34.6 Å². The molecular formula is C10H23B2O5S. The molecular weight excluding hydrogens is 254 g/mol. The quantitative estimate of drug-likeness (QED) is 0.264. The first-order valence-electron chi connectivity index (χ1n) is 5.81. The molecule has 0 atom stereocenters. The van der Waals surface area contributed by atoms with Crippen molar-refractivity contribution in [2.75, 3.05) is 25.6 Å². The fourth-order valence-corrected chi connectivity index (χ4v) is 1.58. The molecule has 5 nitrogen and oxygen atoms in total. The van der Waals surface area contributed by atoms with Gasteiger partial charge in [0.05, 0.1) is 13.2 Å². The Kier molecular flexibility index (Phi) is 14.1. The van der Waals surface area contributed by atoms with E-state index in [1.165, 1.54) is 0 Å². The maximum absolute atomic E-state index is 5.09. The third-order valence-corrected chi connectivity index (χ3v) is 2.65. The molecule has 0 rings (SSSR count). The van der Waals surface area contributed by atoms with E-state index < -0.39 is 7.32 Å². The predicted molar refractivity (Wildman–Crippen MR) is 75.1 cm³/mol. The van der Waals surface area contributed by atoms with Crippen LogP contribution < -0.4 is 0 Å². The molecule has 0 saturated carbocycles. The van der Waals surface area contributed by atoms with Crippen molar-refractivity contribution in [3.05, 3.63) is 0 Å². The molecule has 0 aliphatic heterocycles. The van der Waals surface area contributed by atoms with Crippen LogP contribution in [0.5, 0.6) is 0 Å². The largest absolute Gasteiger partial charge is 0.696 e. The summed E-state index contributed by atoms with van der Waals surface area (Å²) in [7, 11) is -0.931. The van der Waals surface area contributed by atoms with Crippen LogP contribution in [0, 0.1) is 0 Å². The maximum atomic E-state index is 5.09. The third kappa shape index (κ3) is 14.3. The first-order chi connectivity index (χ1) is 7.99. The van der Waals surface area contributed by atoms with Crippen molar-refractivity contribution in [3.63, 3.8) is 0 Å². The minimum absolute atomic E-state index is 0. The van der Waals surface area contributed by atoms with Crippen molar-refractivity contribution in [3.8, 4) is 0 Å². The third-order valence-electron chi connectivity index (χ3n) is 1.42. The van der Waals surface area contributed by atoms with Crippen LogP contribution in [0.2, 0.25) is 0 Å². The molecule has 0 saturated heterocycles. The molecule has 0 aromatic rings. The van der Waals surface area contributed by atoms with E-state index in [0.29, 0.717) is 19.8 Å². The molecule has 0 aliphatic carbocycles. The summed E-state index contributed by atoms with van der Waals surface area (Å²) in [5.74, 6) is 0.844. The molecule has 0 heterocycles. The Bertz CT molecular complexity index is 180. The highest BCUT2D eigenvalue weighted by atomic mass is 32.2. The molecule has 0 aromatic heterocycles. The van der Waals surface area contributed by atoms with E-state index in [-0.39, 0.29) is 13.2 Å². The van der Waals surface area contributed by atoms with Gasteiger partial charge >= 0.3 is 7.32 Å². The lowest BCUT2D eigenvalue weighted by Gasteiger charge is -2.17. The molecule has 105 valence electrons. The van der Waals surface area contributed by atoms with Crippen LogP contribution in [0.4, 0.5) is 0 Å². The van der Waals surface area contributed by atoms with Gasteiger partial charge in [0.2, 0.25) is 0 Å². The molecule has 0 aromatic carbocycles. The highest BCUT2D eigenvalue weighted by Crippen LogP contribution is 2.22. The molecule has 3 radical (unpaired) electrons. The zero-order valence-corrected chi connectivity index (χ0v) is 12.7. The normalized spacial score (nSPS) is 11.2. The zero-order chi connectivity index (χ0) is 13.1. The highest BCUT2D eigenvalue weighted by molar-refractivity contribution is 8.00. The van der Waals surface area contributed by atoms with Gasteiger partial charge in [-0.2, -0.15) is 11.8 Å². The van der Waals surface area contributed by atoms with Crippen LogP contribution in [0.25, 0.3) is 0 Å². The highest BCUT2D eigenvalue weighted by Gasteiger charge is 2.24. The Labute approximate surface area is 117 Å². The SMILES string of the molecule is CCOOB(OCC)OOCCSC(C)(C)C.[B]. The second-order valence-corrected chi connectivity index (χ2v) is 6.05. The van der Waals surface area contributed by atoms with Gasteiger partial charge in [-0.05, 0) is 13.8 Å². The summed E-state index contributed by atoms with van der Waals surface area (Å²) in [5.41, 5.74) is 0. The van der Waals surface area contributed by atoms with Gasteiger partial charge < -0.3 is 4.65 Å². The first-order valence-corrected chi connectivity index (χ1v) is 6.80. The number of rotatable bonds is 10. The average Bonchev–Trinajstić information content (AvgIpc) is 2.23. The summed E-state index contributed by atoms with van der Waals surface area (Å²) in [6, 6.07) is 0. The smallest absolute Gasteiger partial charge is 0.383 e. The van der Waals surface area contributed by atoms with Gasteiger partial charge in [0, 0.05) is 25.5 Å². The van der Waals surface area contributed by atoms with Gasteiger partial charge in [0.1, 0.15) is 0 Å². The van der Waals surface area contributed by atoms with Crippen molar-refractivity contribution >= 4 is 27.5 Å². The fourth-order valence-electron chi connectivity index (χ4n) is 0.817. The van der Waals surface area contributed by atoms with E-state index >= 15 is 0 Å². The van der Waals surface area contributed by atoms with Crippen molar-refractivity contribution in [1.29, 1.82) is 0 Å². The molecule has 0 amide bonds. The summed E-state index contributed by atoms with van der Waals surface area (Å²) in [6.07, 6.45) is 0. The zero-order valence-electron chi connectivity index (χ0n) is 11.9.